The predicted molar refractivity (Wildman–Crippen MR) is 86.7 cm³/mol. The molecule has 1 aliphatic carbocycles. The topological polar surface area (TPSA) is 128 Å². The number of hydrogen-bond donors (Lipinski definition) is 3. The molecular formula is C16H25N3O5. The summed E-state index contributed by atoms with van der Waals surface area (Å²) in [6.45, 7) is 4.22. The standard InChI is InChI=1S/C14H19N3O4.C2H6O/c1-2-21-12(20)9-10(18)11(19)17-7-8-3-5-14(15,6-4-8)13(17)16-9;1-2-3/h8,18H,2-7,15H2,1H3;3H,2H2,1H3. The van der Waals surface area contributed by atoms with E-state index in [1.54, 1.807) is 13.8 Å². The van der Waals surface area contributed by atoms with Crippen LogP contribution in [0.5, 0.6) is 5.75 Å². The zero-order valence-electron chi connectivity index (χ0n) is 14.1. The number of fused-ring (bicyclic) bond motifs is 2. The number of rotatable bonds is 2. The number of nitrogens with two attached hydrogens (primary N) is 1. The van der Waals surface area contributed by atoms with Crippen molar-refractivity contribution in [1.82, 2.24) is 9.55 Å². The van der Waals surface area contributed by atoms with Gasteiger partial charge < -0.3 is 20.7 Å². The van der Waals surface area contributed by atoms with Crippen LogP contribution < -0.4 is 11.3 Å². The summed E-state index contributed by atoms with van der Waals surface area (Å²) >= 11 is 0. The summed E-state index contributed by atoms with van der Waals surface area (Å²) < 4.78 is 6.28. The van der Waals surface area contributed by atoms with Gasteiger partial charge in [-0.25, -0.2) is 9.78 Å². The molecule has 2 aliphatic heterocycles. The molecule has 8 nitrogen and oxygen atoms in total. The maximum absolute atomic E-state index is 12.4. The molecule has 8 heteroatoms. The Morgan fingerprint density at radius 1 is 1.42 bits per heavy atom. The van der Waals surface area contributed by atoms with Gasteiger partial charge >= 0.3 is 5.97 Å². The van der Waals surface area contributed by atoms with E-state index in [0.717, 1.165) is 25.7 Å². The molecule has 3 heterocycles. The second kappa shape index (κ2) is 7.31. The van der Waals surface area contributed by atoms with Crippen LogP contribution in [0, 0.1) is 5.92 Å². The van der Waals surface area contributed by atoms with Crippen molar-refractivity contribution in [3.63, 3.8) is 0 Å². The lowest BCUT2D eigenvalue weighted by Crippen LogP contribution is -2.42. The molecule has 0 amide bonds. The number of aromatic nitrogens is 2. The highest BCUT2D eigenvalue weighted by Crippen LogP contribution is 2.40. The largest absolute Gasteiger partial charge is 0.501 e. The first-order valence-electron chi connectivity index (χ1n) is 8.29. The molecule has 0 radical (unpaired) electrons. The lowest BCUT2D eigenvalue weighted by Gasteiger charge is -2.32. The first-order valence-corrected chi connectivity index (χ1v) is 8.29. The van der Waals surface area contributed by atoms with Gasteiger partial charge in [0.05, 0.1) is 12.1 Å². The van der Waals surface area contributed by atoms with Crippen LogP contribution in [-0.4, -0.2) is 38.9 Å². The summed E-state index contributed by atoms with van der Waals surface area (Å²) in [4.78, 5) is 28.4. The van der Waals surface area contributed by atoms with Gasteiger partial charge in [-0.15, -0.1) is 0 Å². The van der Waals surface area contributed by atoms with Crippen LogP contribution in [0.2, 0.25) is 0 Å². The minimum atomic E-state index is -0.794. The minimum absolute atomic E-state index is 0.147. The molecule has 0 unspecified atom stereocenters. The summed E-state index contributed by atoms with van der Waals surface area (Å²) in [6.07, 6.45) is 3.32. The first kappa shape index (κ1) is 18.4. The van der Waals surface area contributed by atoms with E-state index >= 15 is 0 Å². The Kier molecular flexibility index (Phi) is 5.61. The molecule has 0 aromatic carbocycles. The van der Waals surface area contributed by atoms with Crippen LogP contribution in [-0.2, 0) is 16.8 Å². The summed E-state index contributed by atoms with van der Waals surface area (Å²) in [7, 11) is 0. The van der Waals surface area contributed by atoms with E-state index in [9.17, 15) is 14.7 Å². The number of esters is 1. The molecule has 24 heavy (non-hydrogen) atoms. The van der Waals surface area contributed by atoms with Gasteiger partial charge in [0.25, 0.3) is 5.56 Å². The molecule has 4 N–H and O–H groups in total. The van der Waals surface area contributed by atoms with E-state index in [-0.39, 0.29) is 18.9 Å². The number of carbonyl (C=O) groups excluding carboxylic acids is 1. The van der Waals surface area contributed by atoms with Crippen LogP contribution in [0.25, 0.3) is 0 Å². The maximum atomic E-state index is 12.4. The van der Waals surface area contributed by atoms with Crippen molar-refractivity contribution >= 4 is 5.97 Å². The Balaban J connectivity index is 0.000000647. The van der Waals surface area contributed by atoms with Crippen molar-refractivity contribution in [3.8, 4) is 5.75 Å². The number of aliphatic hydroxyl groups is 1. The van der Waals surface area contributed by atoms with E-state index in [4.69, 9.17) is 15.6 Å². The summed E-state index contributed by atoms with van der Waals surface area (Å²) in [5.74, 6) is -0.677. The van der Waals surface area contributed by atoms with Crippen LogP contribution in [0.15, 0.2) is 4.79 Å². The summed E-state index contributed by atoms with van der Waals surface area (Å²) in [5, 5.41) is 17.6. The predicted octanol–water partition coefficient (Wildman–Crippen LogP) is 0.482. The minimum Gasteiger partial charge on any atom is -0.501 e. The number of aliphatic hydroxyl groups excluding tert-OH is 1. The van der Waals surface area contributed by atoms with Gasteiger partial charge in [0.15, 0.2) is 5.69 Å². The Bertz CT molecular complexity index is 662. The van der Waals surface area contributed by atoms with Crippen molar-refractivity contribution in [2.45, 2.75) is 51.6 Å². The maximum Gasteiger partial charge on any atom is 0.361 e. The average molecular weight is 339 g/mol. The lowest BCUT2D eigenvalue weighted by atomic mass is 9.78. The zero-order valence-corrected chi connectivity index (χ0v) is 14.1. The Hall–Kier alpha value is -1.93. The normalized spacial score (nSPS) is 24.4. The van der Waals surface area contributed by atoms with Gasteiger partial charge in [0, 0.05) is 13.2 Å². The van der Waals surface area contributed by atoms with Crippen molar-refractivity contribution in [2.24, 2.45) is 11.7 Å². The molecule has 2 bridgehead atoms. The van der Waals surface area contributed by atoms with Gasteiger partial charge in [-0.2, -0.15) is 0 Å². The molecule has 4 rings (SSSR count). The smallest absolute Gasteiger partial charge is 0.361 e. The SMILES string of the molecule is CCO.CCOC(=O)c1nc2n(c(=O)c1O)CC1CCC2(N)CC1. The van der Waals surface area contributed by atoms with Crippen LogP contribution in [0.3, 0.4) is 0 Å². The molecule has 1 saturated carbocycles. The Morgan fingerprint density at radius 2 is 2.00 bits per heavy atom. The molecule has 3 aliphatic rings. The second-order valence-electron chi connectivity index (χ2n) is 6.18. The molecule has 0 spiro atoms. The fraction of sp³-hybridized carbons (Fsp3) is 0.688. The van der Waals surface area contributed by atoms with Gasteiger partial charge in [-0.05, 0) is 45.4 Å². The van der Waals surface area contributed by atoms with E-state index < -0.39 is 22.8 Å². The molecule has 0 atom stereocenters. The van der Waals surface area contributed by atoms with Gasteiger partial charge in [-0.3, -0.25) is 9.36 Å². The average Bonchev–Trinajstić information content (AvgIpc) is 2.77. The number of nitrogens with zero attached hydrogens (tertiary/aromatic N) is 2. The fourth-order valence-electron chi connectivity index (χ4n) is 3.29. The summed E-state index contributed by atoms with van der Waals surface area (Å²) in [5.41, 5.74) is 4.77. The van der Waals surface area contributed by atoms with Gasteiger partial charge in [0.2, 0.25) is 5.75 Å². The third kappa shape index (κ3) is 3.29. The molecule has 1 fully saturated rings. The van der Waals surface area contributed by atoms with E-state index in [2.05, 4.69) is 4.98 Å². The fourth-order valence-corrected chi connectivity index (χ4v) is 3.29. The Labute approximate surface area is 140 Å². The van der Waals surface area contributed by atoms with Crippen LogP contribution in [0.1, 0.15) is 55.8 Å². The van der Waals surface area contributed by atoms with E-state index in [1.165, 1.54) is 4.57 Å². The molecule has 1 aromatic rings. The third-order valence-corrected chi connectivity index (χ3v) is 4.50. The quantitative estimate of drug-likeness (QED) is 0.669. The van der Waals surface area contributed by atoms with Gasteiger partial charge in [-0.1, -0.05) is 0 Å². The highest BCUT2D eigenvalue weighted by molar-refractivity contribution is 5.90. The van der Waals surface area contributed by atoms with Crippen LogP contribution >= 0.6 is 0 Å². The summed E-state index contributed by atoms with van der Waals surface area (Å²) in [6, 6.07) is 0. The van der Waals surface area contributed by atoms with E-state index in [1.807, 2.05) is 0 Å². The van der Waals surface area contributed by atoms with Crippen molar-refractivity contribution in [2.75, 3.05) is 13.2 Å². The number of ether oxygens (including phenoxy) is 1. The number of aromatic hydroxyl groups is 1. The Morgan fingerprint density at radius 3 is 2.54 bits per heavy atom. The molecular weight excluding hydrogens is 314 g/mol. The molecule has 1 aromatic heterocycles. The van der Waals surface area contributed by atoms with Gasteiger partial charge in [0.1, 0.15) is 5.82 Å². The molecule has 134 valence electrons. The third-order valence-electron chi connectivity index (χ3n) is 4.50. The zero-order chi connectivity index (χ0) is 17.9. The van der Waals surface area contributed by atoms with Crippen LogP contribution in [0.4, 0.5) is 0 Å². The lowest BCUT2D eigenvalue weighted by molar-refractivity contribution is 0.0513. The number of hydrogen-bond acceptors (Lipinski definition) is 7. The van der Waals surface area contributed by atoms with Crippen molar-refractivity contribution < 1.29 is 19.7 Å². The van der Waals surface area contributed by atoms with E-state index in [0.29, 0.717) is 18.3 Å². The highest BCUT2D eigenvalue weighted by atomic mass is 16.5. The highest BCUT2D eigenvalue weighted by Gasteiger charge is 2.42. The molecule has 0 saturated heterocycles. The van der Waals surface area contributed by atoms with Crippen molar-refractivity contribution in [1.29, 1.82) is 0 Å². The second-order valence-corrected chi connectivity index (χ2v) is 6.18. The monoisotopic (exact) mass is 339 g/mol. The first-order chi connectivity index (χ1) is 11.4. The van der Waals surface area contributed by atoms with Crippen molar-refractivity contribution in [3.05, 3.63) is 21.9 Å². The number of carbonyl (C=O) groups is 1.